The molecule has 2 aromatic carbocycles. The number of benzene rings is 2. The molecule has 0 atom stereocenters. The highest BCUT2D eigenvalue weighted by Gasteiger charge is 2.20. The van der Waals surface area contributed by atoms with E-state index in [-0.39, 0.29) is 16.0 Å². The molecule has 21 heavy (non-hydrogen) atoms. The largest absolute Gasteiger partial charge is 0.392 e. The molecule has 112 valence electrons. The molecule has 0 amide bonds. The molecule has 0 aliphatic heterocycles. The van der Waals surface area contributed by atoms with Gasteiger partial charge in [0.05, 0.1) is 11.5 Å². The van der Waals surface area contributed by atoms with Crippen LogP contribution in [0.1, 0.15) is 11.1 Å². The number of sulfonamides is 1. The minimum absolute atomic E-state index is 0.00587. The van der Waals surface area contributed by atoms with Gasteiger partial charge in [-0.2, -0.15) is 0 Å². The van der Waals surface area contributed by atoms with Crippen LogP contribution in [0.4, 0.5) is 10.1 Å². The molecule has 0 fully saturated rings. The summed E-state index contributed by atoms with van der Waals surface area (Å²) in [7, 11) is -3.96. The number of aliphatic hydroxyl groups is 1. The van der Waals surface area contributed by atoms with E-state index in [4.69, 9.17) is 16.7 Å². The predicted molar refractivity (Wildman–Crippen MR) is 79.3 cm³/mol. The summed E-state index contributed by atoms with van der Waals surface area (Å²) in [5.74, 6) is -0.682. The maximum Gasteiger partial charge on any atom is 0.262 e. The number of nitrogens with one attached hydrogen (secondary N) is 1. The van der Waals surface area contributed by atoms with Crippen molar-refractivity contribution in [3.05, 3.63) is 58.4 Å². The van der Waals surface area contributed by atoms with Crippen molar-refractivity contribution in [2.24, 2.45) is 0 Å². The van der Waals surface area contributed by atoms with Crippen LogP contribution in [0, 0.1) is 12.7 Å². The highest BCUT2D eigenvalue weighted by molar-refractivity contribution is 7.92. The summed E-state index contributed by atoms with van der Waals surface area (Å²) in [5, 5.41) is 9.54. The van der Waals surface area contributed by atoms with Crippen molar-refractivity contribution in [2.75, 3.05) is 4.72 Å². The van der Waals surface area contributed by atoms with Gasteiger partial charge in [-0.05, 0) is 48.9 Å². The zero-order valence-corrected chi connectivity index (χ0v) is 12.7. The first-order valence-electron chi connectivity index (χ1n) is 6.02. The lowest BCUT2D eigenvalue weighted by Crippen LogP contribution is -2.15. The van der Waals surface area contributed by atoms with E-state index < -0.39 is 22.4 Å². The zero-order chi connectivity index (χ0) is 15.6. The lowest BCUT2D eigenvalue weighted by Gasteiger charge is -2.12. The lowest BCUT2D eigenvalue weighted by molar-refractivity contribution is 0.281. The summed E-state index contributed by atoms with van der Waals surface area (Å²) in [6.45, 7) is 0.924. The van der Waals surface area contributed by atoms with E-state index in [0.29, 0.717) is 10.7 Å². The molecule has 2 aromatic rings. The van der Waals surface area contributed by atoms with Crippen LogP contribution in [0.2, 0.25) is 5.02 Å². The number of rotatable bonds is 4. The van der Waals surface area contributed by atoms with Crippen molar-refractivity contribution in [3.63, 3.8) is 0 Å². The van der Waals surface area contributed by atoms with Crippen molar-refractivity contribution < 1.29 is 17.9 Å². The van der Waals surface area contributed by atoms with Gasteiger partial charge in [0.2, 0.25) is 0 Å². The van der Waals surface area contributed by atoms with Crippen LogP contribution in [-0.4, -0.2) is 13.5 Å². The van der Waals surface area contributed by atoms with Gasteiger partial charge in [0.25, 0.3) is 10.0 Å². The van der Waals surface area contributed by atoms with E-state index in [1.165, 1.54) is 37.3 Å². The normalized spacial score (nSPS) is 11.4. The molecule has 0 unspecified atom stereocenters. The molecule has 0 heterocycles. The van der Waals surface area contributed by atoms with E-state index in [1.54, 1.807) is 0 Å². The number of aliphatic hydroxyl groups excluding tert-OH is 1. The topological polar surface area (TPSA) is 66.4 Å². The molecule has 0 aromatic heterocycles. The molecule has 0 saturated heterocycles. The van der Waals surface area contributed by atoms with Gasteiger partial charge in [0.15, 0.2) is 0 Å². The van der Waals surface area contributed by atoms with E-state index in [1.807, 2.05) is 0 Å². The minimum atomic E-state index is -3.96. The molecule has 0 spiro atoms. The molecule has 0 aliphatic carbocycles. The fourth-order valence-electron chi connectivity index (χ4n) is 1.81. The average Bonchev–Trinajstić information content (AvgIpc) is 2.43. The second kappa shape index (κ2) is 6.01. The van der Waals surface area contributed by atoms with Crippen LogP contribution in [0.3, 0.4) is 0 Å². The zero-order valence-electron chi connectivity index (χ0n) is 11.1. The number of anilines is 1. The van der Waals surface area contributed by atoms with Crippen molar-refractivity contribution >= 4 is 27.3 Å². The molecular weight excluding hydrogens is 317 g/mol. The SMILES string of the molecule is Cc1c(F)cc(CO)cc1S(=O)(=O)Nc1ccc(Cl)cc1. The summed E-state index contributed by atoms with van der Waals surface area (Å²) in [4.78, 5) is -0.207. The average molecular weight is 330 g/mol. The van der Waals surface area contributed by atoms with Crippen molar-refractivity contribution in [2.45, 2.75) is 18.4 Å². The first kappa shape index (κ1) is 15.8. The lowest BCUT2D eigenvalue weighted by atomic mass is 10.1. The Hall–Kier alpha value is -1.63. The molecule has 0 saturated carbocycles. The quantitative estimate of drug-likeness (QED) is 0.906. The van der Waals surface area contributed by atoms with E-state index in [9.17, 15) is 12.8 Å². The summed E-state index contributed by atoms with van der Waals surface area (Å²) in [6.07, 6.45) is 0. The monoisotopic (exact) mass is 329 g/mol. The van der Waals surface area contributed by atoms with Gasteiger partial charge in [0, 0.05) is 16.3 Å². The molecule has 2 rings (SSSR count). The maximum absolute atomic E-state index is 13.7. The van der Waals surface area contributed by atoms with E-state index >= 15 is 0 Å². The van der Waals surface area contributed by atoms with Gasteiger partial charge < -0.3 is 5.11 Å². The molecule has 0 bridgehead atoms. The first-order chi connectivity index (χ1) is 9.83. The van der Waals surface area contributed by atoms with E-state index in [0.717, 1.165) is 6.07 Å². The van der Waals surface area contributed by atoms with Crippen molar-refractivity contribution in [1.82, 2.24) is 0 Å². The summed E-state index contributed by atoms with van der Waals surface area (Å²) < 4.78 is 40.7. The van der Waals surface area contributed by atoms with Gasteiger partial charge in [-0.1, -0.05) is 11.6 Å². The molecule has 0 radical (unpaired) electrons. The fraction of sp³-hybridized carbons (Fsp3) is 0.143. The van der Waals surface area contributed by atoms with Crippen LogP contribution < -0.4 is 4.72 Å². The van der Waals surface area contributed by atoms with Crippen LogP contribution in [-0.2, 0) is 16.6 Å². The number of hydrogen-bond donors (Lipinski definition) is 2. The summed E-state index contributed by atoms with van der Waals surface area (Å²) in [6, 6.07) is 8.43. The standard InChI is InChI=1S/C14H13ClFNO3S/c1-9-13(16)6-10(8-18)7-14(9)21(19,20)17-12-4-2-11(15)3-5-12/h2-7,17-18H,8H2,1H3. The highest BCUT2D eigenvalue weighted by atomic mass is 35.5. The van der Waals surface area contributed by atoms with Gasteiger partial charge in [-0.25, -0.2) is 12.8 Å². The second-order valence-electron chi connectivity index (χ2n) is 4.47. The Bertz CT molecular complexity index is 761. The number of halogens is 2. The Kier molecular flexibility index (Phi) is 4.51. The fourth-order valence-corrected chi connectivity index (χ4v) is 3.29. The summed E-state index contributed by atoms with van der Waals surface area (Å²) >= 11 is 5.73. The smallest absolute Gasteiger partial charge is 0.262 e. The Balaban J connectivity index is 2.44. The Morgan fingerprint density at radius 3 is 2.43 bits per heavy atom. The predicted octanol–water partition coefficient (Wildman–Crippen LogP) is 3.08. The molecule has 4 nitrogen and oxygen atoms in total. The highest BCUT2D eigenvalue weighted by Crippen LogP contribution is 2.24. The van der Waals surface area contributed by atoms with Gasteiger partial charge in [0.1, 0.15) is 5.82 Å². The molecule has 2 N–H and O–H groups in total. The second-order valence-corrected chi connectivity index (χ2v) is 6.56. The molecule has 0 aliphatic rings. The Morgan fingerprint density at radius 2 is 1.86 bits per heavy atom. The van der Waals surface area contributed by atoms with Crippen molar-refractivity contribution in [3.8, 4) is 0 Å². The Labute approximate surface area is 127 Å². The Morgan fingerprint density at radius 1 is 1.24 bits per heavy atom. The third kappa shape index (κ3) is 3.53. The first-order valence-corrected chi connectivity index (χ1v) is 7.88. The number of hydrogen-bond acceptors (Lipinski definition) is 3. The molecule has 7 heteroatoms. The van der Waals surface area contributed by atoms with Crippen LogP contribution >= 0.6 is 11.6 Å². The third-order valence-electron chi connectivity index (χ3n) is 2.92. The molecular formula is C14H13ClFNO3S. The van der Waals surface area contributed by atoms with Gasteiger partial charge in [-0.15, -0.1) is 0 Å². The van der Waals surface area contributed by atoms with Crippen LogP contribution in [0.15, 0.2) is 41.3 Å². The van der Waals surface area contributed by atoms with Crippen molar-refractivity contribution in [1.29, 1.82) is 0 Å². The third-order valence-corrected chi connectivity index (χ3v) is 4.68. The minimum Gasteiger partial charge on any atom is -0.392 e. The van der Waals surface area contributed by atoms with Crippen LogP contribution in [0.25, 0.3) is 0 Å². The van der Waals surface area contributed by atoms with Crippen LogP contribution in [0.5, 0.6) is 0 Å². The van der Waals surface area contributed by atoms with Gasteiger partial charge in [-0.3, -0.25) is 4.72 Å². The van der Waals surface area contributed by atoms with Gasteiger partial charge >= 0.3 is 0 Å². The summed E-state index contributed by atoms with van der Waals surface area (Å²) in [5.41, 5.74) is 0.497. The van der Waals surface area contributed by atoms with E-state index in [2.05, 4.69) is 4.72 Å². The maximum atomic E-state index is 13.7.